The zero-order chi connectivity index (χ0) is 28.2. The van der Waals surface area contributed by atoms with E-state index in [2.05, 4.69) is 45.1 Å². The molecule has 9 heteroatoms. The number of methoxy groups -OCH3 is 2. The van der Waals surface area contributed by atoms with E-state index >= 15 is 0 Å². The normalized spacial score (nSPS) is 15.6. The number of aryl methyl sites for hydroxylation is 1. The second-order valence-electron chi connectivity index (χ2n) is 10.7. The molecule has 0 spiro atoms. The van der Waals surface area contributed by atoms with Gasteiger partial charge in [-0.15, -0.1) is 11.8 Å². The Hall–Kier alpha value is -3.30. The van der Waals surface area contributed by atoms with Crippen molar-refractivity contribution in [3.63, 3.8) is 0 Å². The number of hydrogen-bond donors (Lipinski definition) is 1. The van der Waals surface area contributed by atoms with Gasteiger partial charge in [-0.1, -0.05) is 45.0 Å². The van der Waals surface area contributed by atoms with Crippen LogP contribution in [0.5, 0.6) is 5.75 Å². The Morgan fingerprint density at radius 2 is 1.85 bits per heavy atom. The third kappa shape index (κ3) is 6.31. The molecular weight excluding hydrogens is 512 g/mol. The van der Waals surface area contributed by atoms with E-state index in [9.17, 15) is 9.59 Å². The van der Waals surface area contributed by atoms with E-state index in [0.717, 1.165) is 33.8 Å². The first-order valence-electron chi connectivity index (χ1n) is 13.2. The Morgan fingerprint density at radius 1 is 1.13 bits per heavy atom. The van der Waals surface area contributed by atoms with Crippen LogP contribution in [0.1, 0.15) is 54.8 Å². The van der Waals surface area contributed by atoms with Gasteiger partial charge in [-0.3, -0.25) is 14.5 Å². The van der Waals surface area contributed by atoms with E-state index in [1.807, 2.05) is 41.1 Å². The number of carbonyl (C=O) groups is 2. The fourth-order valence-electron chi connectivity index (χ4n) is 4.75. The third-order valence-corrected chi connectivity index (χ3v) is 7.97. The highest BCUT2D eigenvalue weighted by Crippen LogP contribution is 2.49. The van der Waals surface area contributed by atoms with Gasteiger partial charge in [-0.2, -0.15) is 5.10 Å². The SMILES string of the molecule is COCCCNC(=O)CN1C(=O)CS[C@@H](c2ccccc2C)c2c(C(C)(C)C)nn(-c3ccc(OC)cc3)c21. The molecule has 1 N–H and O–H groups in total. The van der Waals surface area contributed by atoms with E-state index in [1.54, 1.807) is 30.9 Å². The van der Waals surface area contributed by atoms with Crippen LogP contribution in [0.25, 0.3) is 5.69 Å². The van der Waals surface area contributed by atoms with Crippen molar-refractivity contribution in [1.82, 2.24) is 15.1 Å². The second kappa shape index (κ2) is 12.3. The van der Waals surface area contributed by atoms with Crippen LogP contribution in [0, 0.1) is 6.92 Å². The minimum atomic E-state index is -0.315. The van der Waals surface area contributed by atoms with Crippen LogP contribution in [0.2, 0.25) is 0 Å². The molecule has 4 rings (SSSR count). The van der Waals surface area contributed by atoms with Crippen LogP contribution in [0.3, 0.4) is 0 Å². The molecule has 8 nitrogen and oxygen atoms in total. The summed E-state index contributed by atoms with van der Waals surface area (Å²) in [5.74, 6) is 1.27. The quantitative estimate of drug-likeness (QED) is 0.385. The van der Waals surface area contributed by atoms with Gasteiger partial charge < -0.3 is 14.8 Å². The minimum Gasteiger partial charge on any atom is -0.497 e. The molecule has 0 fully saturated rings. The highest BCUT2D eigenvalue weighted by Gasteiger charge is 2.40. The van der Waals surface area contributed by atoms with Crippen LogP contribution in [0.4, 0.5) is 5.82 Å². The number of benzene rings is 2. The Morgan fingerprint density at radius 3 is 2.49 bits per heavy atom. The highest BCUT2D eigenvalue weighted by molar-refractivity contribution is 8.00. The topological polar surface area (TPSA) is 85.7 Å². The van der Waals surface area contributed by atoms with Crippen molar-refractivity contribution in [3.05, 3.63) is 70.9 Å². The van der Waals surface area contributed by atoms with Gasteiger partial charge in [0.2, 0.25) is 11.8 Å². The number of anilines is 1. The summed E-state index contributed by atoms with van der Waals surface area (Å²) in [5.41, 5.74) is 4.63. The molecule has 2 heterocycles. The third-order valence-electron chi connectivity index (χ3n) is 6.74. The van der Waals surface area contributed by atoms with Crippen molar-refractivity contribution in [3.8, 4) is 11.4 Å². The standard InChI is InChI=1S/C30H38N4O4S/c1-20-10-7-8-11-23(20)27-26-28(30(2,3)4)32-34(21-12-14-22(38-6)15-13-21)29(26)33(25(36)19-39-27)18-24(35)31-16-9-17-37-5/h7-8,10-15,27H,9,16-19H2,1-6H3,(H,31,35)/t27-/m0/s1. The molecule has 208 valence electrons. The summed E-state index contributed by atoms with van der Waals surface area (Å²) >= 11 is 1.59. The van der Waals surface area contributed by atoms with Crippen LogP contribution in [-0.2, 0) is 19.7 Å². The van der Waals surface area contributed by atoms with E-state index in [1.165, 1.54) is 0 Å². The fraction of sp³-hybridized carbons (Fsp3) is 0.433. The number of rotatable bonds is 9. The smallest absolute Gasteiger partial charge is 0.240 e. The minimum absolute atomic E-state index is 0.0920. The van der Waals surface area contributed by atoms with Gasteiger partial charge in [0.05, 0.1) is 29.5 Å². The Bertz CT molecular complexity index is 1310. The summed E-state index contributed by atoms with van der Waals surface area (Å²) in [6, 6.07) is 15.9. The van der Waals surface area contributed by atoms with Crippen molar-refractivity contribution >= 4 is 29.4 Å². The molecule has 0 radical (unpaired) electrons. The first-order valence-corrected chi connectivity index (χ1v) is 14.2. The second-order valence-corrected chi connectivity index (χ2v) is 11.8. The van der Waals surface area contributed by atoms with E-state index in [4.69, 9.17) is 14.6 Å². The maximum atomic E-state index is 13.7. The maximum absolute atomic E-state index is 13.7. The number of aromatic nitrogens is 2. The average molecular weight is 551 g/mol. The lowest BCUT2D eigenvalue weighted by Gasteiger charge is -2.25. The van der Waals surface area contributed by atoms with Gasteiger partial charge >= 0.3 is 0 Å². The van der Waals surface area contributed by atoms with Crippen molar-refractivity contribution in [2.24, 2.45) is 0 Å². The predicted molar refractivity (Wildman–Crippen MR) is 156 cm³/mol. The van der Waals surface area contributed by atoms with Crippen LogP contribution < -0.4 is 15.0 Å². The molecule has 0 bridgehead atoms. The van der Waals surface area contributed by atoms with Crippen molar-refractivity contribution < 1.29 is 19.1 Å². The number of nitrogens with one attached hydrogen (secondary N) is 1. The molecule has 2 aromatic carbocycles. The monoisotopic (exact) mass is 550 g/mol. The number of ether oxygens (including phenoxy) is 2. The number of amides is 2. The molecule has 39 heavy (non-hydrogen) atoms. The van der Waals surface area contributed by atoms with Crippen LogP contribution in [-0.4, -0.2) is 61.3 Å². The summed E-state index contributed by atoms with van der Waals surface area (Å²) in [6.07, 6.45) is 0.699. The van der Waals surface area contributed by atoms with Crippen molar-refractivity contribution in [2.45, 2.75) is 44.8 Å². The van der Waals surface area contributed by atoms with Gasteiger partial charge in [0.1, 0.15) is 18.1 Å². The summed E-state index contributed by atoms with van der Waals surface area (Å²) in [5, 5.41) is 7.94. The summed E-state index contributed by atoms with van der Waals surface area (Å²) in [4.78, 5) is 28.4. The summed E-state index contributed by atoms with van der Waals surface area (Å²) in [6.45, 7) is 9.44. The van der Waals surface area contributed by atoms with E-state index < -0.39 is 0 Å². The summed E-state index contributed by atoms with van der Waals surface area (Å²) < 4.78 is 12.3. The zero-order valence-corrected chi connectivity index (χ0v) is 24.4. The molecule has 0 saturated carbocycles. The first kappa shape index (κ1) is 28.7. The number of fused-ring (bicyclic) bond motifs is 1. The van der Waals surface area contributed by atoms with Gasteiger partial charge in [0, 0.05) is 31.2 Å². The molecule has 1 aliphatic heterocycles. The van der Waals surface area contributed by atoms with Gasteiger partial charge in [0.25, 0.3) is 0 Å². The molecule has 1 aliphatic rings. The Kier molecular flexibility index (Phi) is 9.02. The molecule has 0 aliphatic carbocycles. The predicted octanol–water partition coefficient (Wildman–Crippen LogP) is 4.81. The number of nitrogens with zero attached hydrogens (tertiary/aromatic N) is 3. The molecule has 0 unspecified atom stereocenters. The lowest BCUT2D eigenvalue weighted by atomic mass is 9.86. The molecule has 0 saturated heterocycles. The average Bonchev–Trinajstić information content (AvgIpc) is 3.25. The Labute approximate surface area is 235 Å². The van der Waals surface area contributed by atoms with Gasteiger partial charge in [-0.25, -0.2) is 4.68 Å². The lowest BCUT2D eigenvalue weighted by molar-refractivity contribution is -0.122. The molecular formula is C30H38N4O4S. The number of carbonyl (C=O) groups excluding carboxylic acids is 2. The van der Waals surface area contributed by atoms with Gasteiger partial charge in [-0.05, 0) is 48.7 Å². The highest BCUT2D eigenvalue weighted by atomic mass is 32.2. The van der Waals surface area contributed by atoms with Crippen molar-refractivity contribution in [1.29, 1.82) is 0 Å². The number of thioether (sulfide) groups is 1. The van der Waals surface area contributed by atoms with Crippen LogP contribution >= 0.6 is 11.8 Å². The van der Waals surface area contributed by atoms with Crippen LogP contribution in [0.15, 0.2) is 48.5 Å². The fourth-order valence-corrected chi connectivity index (χ4v) is 6.04. The first-order chi connectivity index (χ1) is 18.7. The van der Waals surface area contributed by atoms with E-state index in [0.29, 0.717) is 25.4 Å². The van der Waals surface area contributed by atoms with Gasteiger partial charge in [0.15, 0.2) is 0 Å². The summed E-state index contributed by atoms with van der Waals surface area (Å²) in [7, 11) is 3.26. The van der Waals surface area contributed by atoms with Crippen molar-refractivity contribution in [2.75, 3.05) is 44.6 Å². The molecule has 1 atom stereocenters. The number of hydrogen-bond acceptors (Lipinski definition) is 6. The zero-order valence-electron chi connectivity index (χ0n) is 23.6. The molecule has 2 amide bonds. The Balaban J connectivity index is 1.91. The molecule has 1 aromatic heterocycles. The van der Waals surface area contributed by atoms with E-state index in [-0.39, 0.29) is 34.8 Å². The lowest BCUT2D eigenvalue weighted by Crippen LogP contribution is -2.42. The maximum Gasteiger partial charge on any atom is 0.240 e. The molecule has 3 aromatic rings. The largest absolute Gasteiger partial charge is 0.497 e.